The highest BCUT2D eigenvalue weighted by molar-refractivity contribution is 7.07. The van der Waals surface area contributed by atoms with Crippen LogP contribution in [-0.2, 0) is 4.79 Å². The summed E-state index contributed by atoms with van der Waals surface area (Å²) in [5.41, 5.74) is 3.07. The molecular weight excluding hydrogens is 518 g/mol. The molecule has 0 saturated heterocycles. The van der Waals surface area contributed by atoms with Gasteiger partial charge in [0.1, 0.15) is 23.1 Å². The summed E-state index contributed by atoms with van der Waals surface area (Å²) in [5, 5.41) is 13.1. The van der Waals surface area contributed by atoms with Gasteiger partial charge < -0.3 is 10.1 Å². The van der Waals surface area contributed by atoms with Crippen molar-refractivity contribution in [2.24, 2.45) is 0 Å². The van der Waals surface area contributed by atoms with E-state index in [4.69, 9.17) is 16.3 Å². The number of aryl methyl sites for hydroxylation is 2. The molecule has 4 aromatic rings. The Morgan fingerprint density at radius 1 is 1.13 bits per heavy atom. The minimum Gasteiger partial charge on any atom is -0.489 e. The van der Waals surface area contributed by atoms with E-state index in [9.17, 15) is 14.9 Å². The molecule has 0 aliphatic heterocycles. The van der Waals surface area contributed by atoms with Crippen LogP contribution in [-0.4, -0.2) is 17.1 Å². The Balaban J connectivity index is 1.99. The van der Waals surface area contributed by atoms with Gasteiger partial charge in [-0.2, -0.15) is 5.26 Å². The number of carbonyl (C=O) groups is 1. The normalized spacial score (nSPS) is 12.0. The summed E-state index contributed by atoms with van der Waals surface area (Å²) in [6, 6.07) is 21.6. The lowest BCUT2D eigenvalue weighted by Crippen LogP contribution is -2.32. The molecule has 38 heavy (non-hydrogen) atoms. The van der Waals surface area contributed by atoms with E-state index in [2.05, 4.69) is 11.9 Å². The van der Waals surface area contributed by atoms with Crippen LogP contribution < -0.4 is 24.8 Å². The molecule has 1 N–H and O–H groups in total. The van der Waals surface area contributed by atoms with Gasteiger partial charge >= 0.3 is 0 Å². The second kappa shape index (κ2) is 11.8. The Hall–Kier alpha value is -4.38. The molecule has 1 aromatic heterocycles. The van der Waals surface area contributed by atoms with E-state index in [0.717, 1.165) is 22.5 Å². The number of rotatable bonds is 7. The Kier molecular flexibility index (Phi) is 8.27. The summed E-state index contributed by atoms with van der Waals surface area (Å²) in [4.78, 5) is 27.1. The van der Waals surface area contributed by atoms with Crippen LogP contribution in [0.15, 0.2) is 84.2 Å². The first-order valence-corrected chi connectivity index (χ1v) is 12.9. The molecule has 0 spiro atoms. The number of benzene rings is 3. The van der Waals surface area contributed by atoms with E-state index < -0.39 is 5.91 Å². The summed E-state index contributed by atoms with van der Waals surface area (Å²) >= 11 is 7.27. The lowest BCUT2D eigenvalue weighted by Gasteiger charge is -2.08. The van der Waals surface area contributed by atoms with Crippen molar-refractivity contribution in [2.75, 3.05) is 11.9 Å². The van der Waals surface area contributed by atoms with Gasteiger partial charge in [-0.25, -0.2) is 0 Å². The number of hydrogen-bond acceptors (Lipinski definition) is 5. The molecule has 8 heteroatoms. The van der Waals surface area contributed by atoms with Gasteiger partial charge in [0, 0.05) is 5.56 Å². The molecule has 0 radical (unpaired) electrons. The molecule has 6 nitrogen and oxygen atoms in total. The van der Waals surface area contributed by atoms with Crippen LogP contribution in [0.3, 0.4) is 0 Å². The predicted molar refractivity (Wildman–Crippen MR) is 153 cm³/mol. The fourth-order valence-corrected chi connectivity index (χ4v) is 4.99. The average molecular weight is 542 g/mol. The number of nitrogens with one attached hydrogen (secondary N) is 1. The highest BCUT2D eigenvalue weighted by Gasteiger charge is 2.18. The summed E-state index contributed by atoms with van der Waals surface area (Å²) in [5.74, 6) is -0.0823. The average Bonchev–Trinajstić information content (AvgIpc) is 3.22. The van der Waals surface area contributed by atoms with Gasteiger partial charge in [0.2, 0.25) is 0 Å². The smallest absolute Gasteiger partial charge is 0.273 e. The monoisotopic (exact) mass is 541 g/mol. The van der Waals surface area contributed by atoms with Crippen molar-refractivity contribution in [3.05, 3.63) is 121 Å². The maximum absolute atomic E-state index is 13.8. The van der Waals surface area contributed by atoms with Gasteiger partial charge in [-0.3, -0.25) is 14.2 Å². The molecule has 3 aromatic carbocycles. The Morgan fingerprint density at radius 3 is 2.58 bits per heavy atom. The fourth-order valence-electron chi connectivity index (χ4n) is 3.71. The van der Waals surface area contributed by atoms with Gasteiger partial charge in [0.15, 0.2) is 5.57 Å². The first kappa shape index (κ1) is 26.7. The number of amides is 1. The number of hydrogen-bond donors (Lipinski definition) is 1. The maximum Gasteiger partial charge on any atom is 0.273 e. The summed E-state index contributed by atoms with van der Waals surface area (Å²) in [7, 11) is 0. The van der Waals surface area contributed by atoms with E-state index in [1.165, 1.54) is 4.57 Å². The second-order valence-electron chi connectivity index (χ2n) is 8.38. The van der Waals surface area contributed by atoms with Crippen molar-refractivity contribution in [2.45, 2.75) is 13.8 Å². The zero-order valence-electron chi connectivity index (χ0n) is 20.8. The molecule has 0 fully saturated rings. The number of para-hydroxylation sites is 2. The highest BCUT2D eigenvalue weighted by atomic mass is 35.5. The molecule has 4 rings (SSSR count). The largest absolute Gasteiger partial charge is 0.489 e. The SMILES string of the molecule is C=CCOc1ccccc1/C=c1/s/c(=C(/C#N)C(=O)Nc2ccccc2Cl)n(-c2ccc(C)c(C)c2)c1=O. The predicted octanol–water partition coefficient (Wildman–Crippen LogP) is 4.88. The lowest BCUT2D eigenvalue weighted by molar-refractivity contribution is -0.111. The molecule has 1 amide bonds. The topological polar surface area (TPSA) is 84.1 Å². The third-order valence-corrected chi connectivity index (χ3v) is 7.23. The van der Waals surface area contributed by atoms with E-state index in [-0.39, 0.29) is 15.8 Å². The molecule has 0 bridgehead atoms. The molecule has 0 atom stereocenters. The molecule has 0 saturated carbocycles. The molecule has 0 aliphatic carbocycles. The number of thiazole rings is 1. The summed E-state index contributed by atoms with van der Waals surface area (Å²) < 4.78 is 7.70. The van der Waals surface area contributed by atoms with E-state index >= 15 is 0 Å². The van der Waals surface area contributed by atoms with Crippen molar-refractivity contribution in [3.8, 4) is 17.5 Å². The molecule has 190 valence electrons. The number of ether oxygens (including phenoxy) is 1. The molecule has 0 aliphatic rings. The van der Waals surface area contributed by atoms with Crippen LogP contribution >= 0.6 is 22.9 Å². The van der Waals surface area contributed by atoms with Gasteiger partial charge in [-0.05, 0) is 61.4 Å². The van der Waals surface area contributed by atoms with Crippen molar-refractivity contribution < 1.29 is 9.53 Å². The number of nitriles is 1. The molecule has 1 heterocycles. The summed E-state index contributed by atoms with van der Waals surface area (Å²) in [6.45, 7) is 7.90. The van der Waals surface area contributed by atoms with Crippen LogP contribution in [0.4, 0.5) is 5.69 Å². The standard InChI is InChI=1S/C30H24ClN3O3S/c1-4-15-37-26-12-8-5-9-21(26)17-27-29(36)34(22-14-13-19(2)20(3)16-22)30(38-27)23(18-32)28(35)33-25-11-7-6-10-24(25)31/h4-14,16-17H,1,15H2,2-3H3,(H,33,35)/b27-17+,30-23-. The number of aromatic nitrogens is 1. The zero-order chi connectivity index (χ0) is 27.2. The van der Waals surface area contributed by atoms with Crippen LogP contribution in [0.2, 0.25) is 5.02 Å². The van der Waals surface area contributed by atoms with Crippen LogP contribution in [0.5, 0.6) is 5.75 Å². The minimum atomic E-state index is -0.666. The molecule has 0 unspecified atom stereocenters. The van der Waals surface area contributed by atoms with Crippen LogP contribution in [0.25, 0.3) is 17.3 Å². The van der Waals surface area contributed by atoms with Gasteiger partial charge in [0.05, 0.1) is 20.9 Å². The zero-order valence-corrected chi connectivity index (χ0v) is 22.4. The van der Waals surface area contributed by atoms with Gasteiger partial charge in [-0.15, -0.1) is 11.3 Å². The Morgan fingerprint density at radius 2 is 1.87 bits per heavy atom. The third-order valence-electron chi connectivity index (χ3n) is 5.81. The van der Waals surface area contributed by atoms with E-state index in [1.54, 1.807) is 48.6 Å². The number of carbonyl (C=O) groups excluding carboxylic acids is 1. The van der Waals surface area contributed by atoms with E-state index in [0.29, 0.717) is 38.8 Å². The number of nitrogens with zero attached hydrogens (tertiary/aromatic N) is 2. The van der Waals surface area contributed by atoms with Crippen LogP contribution in [0.1, 0.15) is 16.7 Å². The van der Waals surface area contributed by atoms with E-state index in [1.807, 2.05) is 50.2 Å². The molecular formula is C30H24ClN3O3S. The highest BCUT2D eigenvalue weighted by Crippen LogP contribution is 2.21. The number of halogens is 1. The van der Waals surface area contributed by atoms with Crippen molar-refractivity contribution >= 4 is 46.2 Å². The third kappa shape index (κ3) is 5.62. The maximum atomic E-state index is 13.8. The van der Waals surface area contributed by atoms with Crippen molar-refractivity contribution in [1.29, 1.82) is 5.26 Å². The van der Waals surface area contributed by atoms with Gasteiger partial charge in [0.25, 0.3) is 11.5 Å². The minimum absolute atomic E-state index is 0.207. The van der Waals surface area contributed by atoms with Crippen molar-refractivity contribution in [1.82, 2.24) is 4.57 Å². The number of anilines is 1. The first-order chi connectivity index (χ1) is 18.3. The van der Waals surface area contributed by atoms with Crippen molar-refractivity contribution in [3.63, 3.8) is 0 Å². The first-order valence-electron chi connectivity index (χ1n) is 11.7. The second-order valence-corrected chi connectivity index (χ2v) is 9.82. The lowest BCUT2D eigenvalue weighted by atomic mass is 10.1. The quantitative estimate of drug-likeness (QED) is 0.338. The Bertz CT molecular complexity index is 1760. The Labute approximate surface area is 229 Å². The fraction of sp³-hybridized carbons (Fsp3) is 0.100. The summed E-state index contributed by atoms with van der Waals surface area (Å²) in [6.07, 6.45) is 3.34. The van der Waals surface area contributed by atoms with Gasteiger partial charge in [-0.1, -0.05) is 60.7 Å². The van der Waals surface area contributed by atoms with Crippen LogP contribution in [0, 0.1) is 25.2 Å².